The predicted octanol–water partition coefficient (Wildman–Crippen LogP) is 3.27. The van der Waals surface area contributed by atoms with E-state index in [1.807, 2.05) is 35.9 Å². The van der Waals surface area contributed by atoms with Crippen molar-refractivity contribution in [2.45, 2.75) is 6.54 Å². The fourth-order valence-electron chi connectivity index (χ4n) is 2.69. The van der Waals surface area contributed by atoms with Crippen molar-refractivity contribution >= 4 is 27.8 Å². The Bertz CT molecular complexity index is 1010. The van der Waals surface area contributed by atoms with Crippen LogP contribution in [0.1, 0.15) is 5.82 Å². The van der Waals surface area contributed by atoms with Gasteiger partial charge in [0.15, 0.2) is 0 Å². The number of hydrogen-bond donors (Lipinski definition) is 1. The van der Waals surface area contributed by atoms with E-state index in [9.17, 15) is 4.39 Å². The van der Waals surface area contributed by atoms with Gasteiger partial charge < -0.3 is 9.88 Å². The van der Waals surface area contributed by atoms with E-state index in [2.05, 4.69) is 20.3 Å². The maximum absolute atomic E-state index is 13.5. The molecule has 0 aliphatic heterocycles. The summed E-state index contributed by atoms with van der Waals surface area (Å²) in [5, 5.41) is 3.89. The Morgan fingerprint density at radius 1 is 1.09 bits per heavy atom. The first-order valence-corrected chi connectivity index (χ1v) is 7.27. The Labute approximate surface area is 131 Å². The molecule has 0 aliphatic rings. The first kappa shape index (κ1) is 13.6. The third-order valence-corrected chi connectivity index (χ3v) is 3.89. The van der Waals surface area contributed by atoms with Gasteiger partial charge in [-0.15, -0.1) is 0 Å². The number of halogens is 1. The van der Waals surface area contributed by atoms with Crippen LogP contribution in [0.5, 0.6) is 0 Å². The first-order valence-electron chi connectivity index (χ1n) is 7.27. The molecule has 2 aromatic heterocycles. The SMILES string of the molecule is Cn1c(CNc2ncnc3ccc(F)cc23)nc2ccccc21. The van der Waals surface area contributed by atoms with Crippen LogP contribution in [0, 0.1) is 5.82 Å². The highest BCUT2D eigenvalue weighted by atomic mass is 19.1. The van der Waals surface area contributed by atoms with E-state index >= 15 is 0 Å². The molecule has 0 atom stereocenters. The molecule has 0 saturated carbocycles. The normalized spacial score (nSPS) is 11.2. The van der Waals surface area contributed by atoms with Crippen LogP contribution < -0.4 is 5.32 Å². The summed E-state index contributed by atoms with van der Waals surface area (Å²) in [6, 6.07) is 12.4. The maximum Gasteiger partial charge on any atom is 0.137 e. The summed E-state index contributed by atoms with van der Waals surface area (Å²) < 4.78 is 15.5. The lowest BCUT2D eigenvalue weighted by molar-refractivity contribution is 0.629. The molecule has 6 heteroatoms. The number of nitrogens with zero attached hydrogens (tertiary/aromatic N) is 4. The number of hydrogen-bond acceptors (Lipinski definition) is 4. The summed E-state index contributed by atoms with van der Waals surface area (Å²) in [7, 11) is 1.98. The summed E-state index contributed by atoms with van der Waals surface area (Å²) >= 11 is 0. The van der Waals surface area contributed by atoms with Crippen LogP contribution >= 0.6 is 0 Å². The lowest BCUT2D eigenvalue weighted by atomic mass is 10.2. The van der Waals surface area contributed by atoms with E-state index in [1.165, 1.54) is 18.5 Å². The molecule has 5 nitrogen and oxygen atoms in total. The van der Waals surface area contributed by atoms with Gasteiger partial charge in [0.25, 0.3) is 0 Å². The maximum atomic E-state index is 13.5. The van der Waals surface area contributed by atoms with Crippen LogP contribution in [0.3, 0.4) is 0 Å². The van der Waals surface area contributed by atoms with Crippen LogP contribution in [-0.4, -0.2) is 19.5 Å². The molecule has 2 heterocycles. The van der Waals surface area contributed by atoms with Crippen LogP contribution in [0.2, 0.25) is 0 Å². The first-order chi connectivity index (χ1) is 11.2. The van der Waals surface area contributed by atoms with Crippen molar-refractivity contribution in [2.75, 3.05) is 5.32 Å². The topological polar surface area (TPSA) is 55.6 Å². The highest BCUT2D eigenvalue weighted by molar-refractivity contribution is 5.88. The van der Waals surface area contributed by atoms with Gasteiger partial charge in [-0.3, -0.25) is 0 Å². The third-order valence-electron chi connectivity index (χ3n) is 3.89. The van der Waals surface area contributed by atoms with Gasteiger partial charge in [0, 0.05) is 12.4 Å². The zero-order valence-electron chi connectivity index (χ0n) is 12.5. The molecule has 0 aliphatic carbocycles. The molecular formula is C17H14FN5. The lowest BCUT2D eigenvalue weighted by Crippen LogP contribution is -2.07. The van der Waals surface area contributed by atoms with Crippen molar-refractivity contribution in [3.8, 4) is 0 Å². The molecule has 0 amide bonds. The van der Waals surface area contributed by atoms with Crippen molar-refractivity contribution in [1.82, 2.24) is 19.5 Å². The van der Waals surface area contributed by atoms with E-state index in [0.717, 1.165) is 16.9 Å². The highest BCUT2D eigenvalue weighted by Gasteiger charge is 2.09. The average molecular weight is 307 g/mol. The molecule has 4 aromatic rings. The molecule has 0 saturated heterocycles. The van der Waals surface area contributed by atoms with Crippen LogP contribution in [0.4, 0.5) is 10.2 Å². The average Bonchev–Trinajstić information content (AvgIpc) is 2.89. The van der Waals surface area contributed by atoms with Gasteiger partial charge in [-0.25, -0.2) is 19.3 Å². The second-order valence-corrected chi connectivity index (χ2v) is 5.31. The molecular weight excluding hydrogens is 293 g/mol. The summed E-state index contributed by atoms with van der Waals surface area (Å²) in [5.74, 6) is 1.18. The van der Waals surface area contributed by atoms with Gasteiger partial charge in [0.2, 0.25) is 0 Å². The van der Waals surface area contributed by atoms with Crippen molar-refractivity contribution in [2.24, 2.45) is 7.05 Å². The third kappa shape index (κ3) is 2.38. The Morgan fingerprint density at radius 2 is 1.96 bits per heavy atom. The quantitative estimate of drug-likeness (QED) is 0.631. The Kier molecular flexibility index (Phi) is 3.15. The summed E-state index contributed by atoms with van der Waals surface area (Å²) in [6.07, 6.45) is 1.47. The molecule has 0 spiro atoms. The van der Waals surface area contributed by atoms with E-state index in [1.54, 1.807) is 6.07 Å². The zero-order chi connectivity index (χ0) is 15.8. The number of aromatic nitrogens is 4. The molecule has 4 rings (SSSR count). The minimum Gasteiger partial charge on any atom is -0.362 e. The molecule has 0 radical (unpaired) electrons. The predicted molar refractivity (Wildman–Crippen MR) is 87.5 cm³/mol. The highest BCUT2D eigenvalue weighted by Crippen LogP contribution is 2.21. The fraction of sp³-hybridized carbons (Fsp3) is 0.118. The van der Waals surface area contributed by atoms with Gasteiger partial charge in [-0.05, 0) is 30.3 Å². The van der Waals surface area contributed by atoms with E-state index in [0.29, 0.717) is 23.3 Å². The van der Waals surface area contributed by atoms with Crippen LogP contribution in [0.25, 0.3) is 21.9 Å². The van der Waals surface area contributed by atoms with Crippen molar-refractivity contribution in [1.29, 1.82) is 0 Å². The molecule has 0 unspecified atom stereocenters. The second-order valence-electron chi connectivity index (χ2n) is 5.31. The number of fused-ring (bicyclic) bond motifs is 2. The summed E-state index contributed by atoms with van der Waals surface area (Å²) in [6.45, 7) is 0.494. The summed E-state index contributed by atoms with van der Waals surface area (Å²) in [5.41, 5.74) is 2.72. The van der Waals surface area contributed by atoms with Gasteiger partial charge in [0.1, 0.15) is 23.8 Å². The van der Waals surface area contributed by atoms with Gasteiger partial charge in [-0.1, -0.05) is 12.1 Å². The number of aryl methyl sites for hydroxylation is 1. The number of rotatable bonds is 3. The van der Waals surface area contributed by atoms with Crippen LogP contribution in [-0.2, 0) is 13.6 Å². The number of anilines is 1. The largest absolute Gasteiger partial charge is 0.362 e. The standard InChI is InChI=1S/C17H14FN5/c1-23-15-5-3-2-4-14(15)22-16(23)9-19-17-12-8-11(18)6-7-13(12)20-10-21-17/h2-8,10H,9H2,1H3,(H,19,20,21). The number of imidazole rings is 1. The van der Waals surface area contributed by atoms with Gasteiger partial charge in [0.05, 0.1) is 23.1 Å². The Balaban J connectivity index is 1.68. The van der Waals surface area contributed by atoms with Crippen molar-refractivity contribution in [3.05, 3.63) is 60.4 Å². The van der Waals surface area contributed by atoms with Crippen molar-refractivity contribution in [3.63, 3.8) is 0 Å². The van der Waals surface area contributed by atoms with Crippen molar-refractivity contribution < 1.29 is 4.39 Å². The molecule has 23 heavy (non-hydrogen) atoms. The molecule has 114 valence electrons. The second kappa shape index (κ2) is 5.31. The molecule has 0 fully saturated rings. The number of para-hydroxylation sites is 2. The van der Waals surface area contributed by atoms with E-state index in [4.69, 9.17) is 0 Å². The van der Waals surface area contributed by atoms with Gasteiger partial charge in [-0.2, -0.15) is 0 Å². The van der Waals surface area contributed by atoms with Gasteiger partial charge >= 0.3 is 0 Å². The van der Waals surface area contributed by atoms with E-state index in [-0.39, 0.29) is 5.82 Å². The smallest absolute Gasteiger partial charge is 0.137 e. The lowest BCUT2D eigenvalue weighted by Gasteiger charge is -2.08. The number of benzene rings is 2. The van der Waals surface area contributed by atoms with E-state index < -0.39 is 0 Å². The fourth-order valence-corrected chi connectivity index (χ4v) is 2.69. The van der Waals surface area contributed by atoms with Crippen LogP contribution in [0.15, 0.2) is 48.8 Å². The minimum absolute atomic E-state index is 0.307. The minimum atomic E-state index is -0.307. The summed E-state index contributed by atoms with van der Waals surface area (Å²) in [4.78, 5) is 13.0. The zero-order valence-corrected chi connectivity index (χ0v) is 12.5. The number of nitrogens with one attached hydrogen (secondary N) is 1. The monoisotopic (exact) mass is 307 g/mol. The Hall–Kier alpha value is -3.02. The Morgan fingerprint density at radius 3 is 2.83 bits per heavy atom. The molecule has 2 aromatic carbocycles. The molecule has 0 bridgehead atoms. The molecule has 1 N–H and O–H groups in total.